The summed E-state index contributed by atoms with van der Waals surface area (Å²) >= 11 is 0. The quantitative estimate of drug-likeness (QED) is 0.838. The number of ether oxygens (including phenoxy) is 1. The molecule has 1 aromatic carbocycles. The van der Waals surface area contributed by atoms with Gasteiger partial charge in [0.25, 0.3) is 0 Å². The number of hydrogen-bond donors (Lipinski definition) is 1. The van der Waals surface area contributed by atoms with Crippen LogP contribution in [0, 0.1) is 0 Å². The second-order valence-corrected chi connectivity index (χ2v) is 5.46. The normalized spacial score (nSPS) is 10.8. The molecule has 116 valence electrons. The molecule has 0 bridgehead atoms. The van der Waals surface area contributed by atoms with Gasteiger partial charge in [-0.25, -0.2) is 0 Å². The third-order valence-corrected chi connectivity index (χ3v) is 2.93. The van der Waals surface area contributed by atoms with Crippen molar-refractivity contribution in [3.8, 4) is 5.75 Å². The summed E-state index contributed by atoms with van der Waals surface area (Å²) in [5.74, 6) is -0.559. The van der Waals surface area contributed by atoms with Crippen LogP contribution in [0.15, 0.2) is 24.3 Å². The predicted molar refractivity (Wildman–Crippen MR) is 80.4 cm³/mol. The van der Waals surface area contributed by atoms with E-state index < -0.39 is 5.97 Å². The van der Waals surface area contributed by atoms with Crippen molar-refractivity contribution in [2.24, 2.45) is 0 Å². The third kappa shape index (κ3) is 5.45. The average molecular weight is 293 g/mol. The summed E-state index contributed by atoms with van der Waals surface area (Å²) in [5.41, 5.74) is 0.771. The number of carbonyl (C=O) groups excluding carboxylic acids is 1. The Morgan fingerprint density at radius 2 is 1.81 bits per heavy atom. The molecule has 0 saturated heterocycles. The number of rotatable bonds is 7. The zero-order valence-electron chi connectivity index (χ0n) is 13.0. The molecule has 0 aliphatic rings. The summed E-state index contributed by atoms with van der Waals surface area (Å²) in [6, 6.07) is 7.18. The molecule has 1 aromatic rings. The average Bonchev–Trinajstić information content (AvgIpc) is 2.37. The maximum Gasteiger partial charge on any atom is 0.323 e. The van der Waals surface area contributed by atoms with Crippen molar-refractivity contribution in [3.63, 3.8) is 0 Å². The van der Waals surface area contributed by atoms with Crippen LogP contribution < -0.4 is 4.74 Å². The van der Waals surface area contributed by atoms with E-state index in [4.69, 9.17) is 9.84 Å². The molecule has 0 aliphatic carbocycles. The predicted octanol–water partition coefficient (Wildman–Crippen LogP) is 2.34. The number of carbonyl (C=O) groups is 2. The fraction of sp³-hybridized carbons (Fsp3) is 0.500. The zero-order valence-corrected chi connectivity index (χ0v) is 13.0. The molecule has 0 spiro atoms. The molecule has 1 amide bonds. The van der Waals surface area contributed by atoms with Crippen LogP contribution in [-0.2, 0) is 16.0 Å². The van der Waals surface area contributed by atoms with Crippen molar-refractivity contribution < 1.29 is 19.4 Å². The highest BCUT2D eigenvalue weighted by atomic mass is 16.5. The van der Waals surface area contributed by atoms with Gasteiger partial charge in [0.1, 0.15) is 12.3 Å². The van der Waals surface area contributed by atoms with Gasteiger partial charge >= 0.3 is 5.97 Å². The molecular weight excluding hydrogens is 270 g/mol. The fourth-order valence-corrected chi connectivity index (χ4v) is 1.99. The van der Waals surface area contributed by atoms with Crippen molar-refractivity contribution in [1.29, 1.82) is 0 Å². The van der Waals surface area contributed by atoms with Gasteiger partial charge in [-0.15, -0.1) is 0 Å². The molecule has 0 aliphatic heterocycles. The minimum atomic E-state index is -1.01. The van der Waals surface area contributed by atoms with Crippen LogP contribution in [-0.4, -0.2) is 40.6 Å². The molecule has 1 N–H and O–H groups in total. The molecular formula is C16H23NO4. The van der Waals surface area contributed by atoms with Crippen LogP contribution in [0.5, 0.6) is 5.75 Å². The van der Waals surface area contributed by atoms with E-state index in [9.17, 15) is 9.59 Å². The number of aliphatic carboxylic acids is 1. The summed E-state index contributed by atoms with van der Waals surface area (Å²) in [6.07, 6.45) is 0.149. The first-order valence-electron chi connectivity index (χ1n) is 7.07. The van der Waals surface area contributed by atoms with Gasteiger partial charge in [0.15, 0.2) is 0 Å². The third-order valence-electron chi connectivity index (χ3n) is 2.93. The SMILES string of the molecule is CC(C)Oc1ccccc1CC(=O)N(CC(=O)O)C(C)C. The second-order valence-electron chi connectivity index (χ2n) is 5.46. The van der Waals surface area contributed by atoms with Crippen LogP contribution in [0.1, 0.15) is 33.3 Å². The van der Waals surface area contributed by atoms with E-state index in [0.717, 1.165) is 5.56 Å². The van der Waals surface area contributed by atoms with Gasteiger partial charge in [0.2, 0.25) is 5.91 Å². The van der Waals surface area contributed by atoms with Crippen LogP contribution in [0.4, 0.5) is 0 Å². The number of nitrogens with zero attached hydrogens (tertiary/aromatic N) is 1. The molecule has 0 aromatic heterocycles. The fourth-order valence-electron chi connectivity index (χ4n) is 1.99. The first-order chi connectivity index (χ1) is 9.81. The first kappa shape index (κ1) is 17.0. The van der Waals surface area contributed by atoms with Gasteiger partial charge in [-0.05, 0) is 33.8 Å². The Hall–Kier alpha value is -2.04. The monoisotopic (exact) mass is 293 g/mol. The van der Waals surface area contributed by atoms with E-state index in [1.54, 1.807) is 13.8 Å². The van der Waals surface area contributed by atoms with Gasteiger partial charge in [0, 0.05) is 11.6 Å². The minimum absolute atomic E-state index is 0.0153. The Balaban J connectivity index is 2.88. The Morgan fingerprint density at radius 3 is 2.33 bits per heavy atom. The summed E-state index contributed by atoms with van der Waals surface area (Å²) in [5, 5.41) is 8.90. The molecule has 5 nitrogen and oxygen atoms in total. The molecule has 0 fully saturated rings. The number of benzene rings is 1. The number of carboxylic acids is 1. The molecule has 0 saturated carbocycles. The first-order valence-corrected chi connectivity index (χ1v) is 7.07. The molecule has 5 heteroatoms. The highest BCUT2D eigenvalue weighted by Gasteiger charge is 2.21. The number of para-hydroxylation sites is 1. The Kier molecular flexibility index (Phi) is 6.21. The van der Waals surface area contributed by atoms with E-state index in [-0.39, 0.29) is 31.0 Å². The van der Waals surface area contributed by atoms with Crippen LogP contribution in [0.25, 0.3) is 0 Å². The Bertz CT molecular complexity index is 497. The molecule has 0 atom stereocenters. The molecule has 0 heterocycles. The molecule has 0 unspecified atom stereocenters. The van der Waals surface area contributed by atoms with Crippen LogP contribution >= 0.6 is 0 Å². The maximum atomic E-state index is 12.3. The summed E-state index contributed by atoms with van der Waals surface area (Å²) < 4.78 is 5.68. The zero-order chi connectivity index (χ0) is 16.0. The van der Waals surface area contributed by atoms with Gasteiger partial charge in [-0.3, -0.25) is 9.59 Å². The summed E-state index contributed by atoms with van der Waals surface area (Å²) in [4.78, 5) is 24.6. The lowest BCUT2D eigenvalue weighted by Crippen LogP contribution is -2.41. The van der Waals surface area contributed by atoms with E-state index >= 15 is 0 Å². The minimum Gasteiger partial charge on any atom is -0.491 e. The van der Waals surface area contributed by atoms with Gasteiger partial charge in [-0.1, -0.05) is 18.2 Å². The van der Waals surface area contributed by atoms with E-state index in [2.05, 4.69) is 0 Å². The lowest BCUT2D eigenvalue weighted by atomic mass is 10.1. The van der Waals surface area contributed by atoms with Crippen molar-refractivity contribution >= 4 is 11.9 Å². The highest BCUT2D eigenvalue weighted by molar-refractivity contribution is 5.83. The lowest BCUT2D eigenvalue weighted by molar-refractivity contribution is -0.145. The standard InChI is InChI=1S/C16H23NO4/c1-11(2)17(10-16(19)20)15(18)9-13-7-5-6-8-14(13)21-12(3)4/h5-8,11-12H,9-10H2,1-4H3,(H,19,20). The van der Waals surface area contributed by atoms with Gasteiger partial charge in [-0.2, -0.15) is 0 Å². The molecule has 21 heavy (non-hydrogen) atoms. The van der Waals surface area contributed by atoms with Crippen molar-refractivity contribution in [2.45, 2.75) is 46.3 Å². The van der Waals surface area contributed by atoms with Crippen LogP contribution in [0.3, 0.4) is 0 Å². The number of carboxylic acid groups (broad SMARTS) is 1. The largest absolute Gasteiger partial charge is 0.491 e. The lowest BCUT2D eigenvalue weighted by Gasteiger charge is -2.25. The maximum absolute atomic E-state index is 12.3. The van der Waals surface area contributed by atoms with Gasteiger partial charge in [0.05, 0.1) is 12.5 Å². The Morgan fingerprint density at radius 1 is 1.19 bits per heavy atom. The van der Waals surface area contributed by atoms with Crippen molar-refractivity contribution in [1.82, 2.24) is 4.90 Å². The van der Waals surface area contributed by atoms with Crippen molar-refractivity contribution in [3.05, 3.63) is 29.8 Å². The number of amides is 1. The highest BCUT2D eigenvalue weighted by Crippen LogP contribution is 2.21. The van der Waals surface area contributed by atoms with E-state index in [1.807, 2.05) is 38.1 Å². The summed E-state index contributed by atoms with van der Waals surface area (Å²) in [6.45, 7) is 7.16. The van der Waals surface area contributed by atoms with Crippen LogP contribution in [0.2, 0.25) is 0 Å². The second kappa shape index (κ2) is 7.67. The van der Waals surface area contributed by atoms with E-state index in [0.29, 0.717) is 5.75 Å². The topological polar surface area (TPSA) is 66.8 Å². The van der Waals surface area contributed by atoms with E-state index in [1.165, 1.54) is 4.90 Å². The summed E-state index contributed by atoms with van der Waals surface area (Å²) in [7, 11) is 0. The smallest absolute Gasteiger partial charge is 0.323 e. The Labute approximate surface area is 125 Å². The van der Waals surface area contributed by atoms with Crippen molar-refractivity contribution in [2.75, 3.05) is 6.54 Å². The van der Waals surface area contributed by atoms with Gasteiger partial charge < -0.3 is 14.7 Å². The molecule has 0 radical (unpaired) electrons. The number of hydrogen-bond acceptors (Lipinski definition) is 3. The molecule has 1 rings (SSSR count).